The normalized spacial score (nSPS) is 14.5. The van der Waals surface area contributed by atoms with Crippen LogP contribution in [0.5, 0.6) is 0 Å². The molecule has 0 saturated carbocycles. The number of aromatic nitrogens is 6. The summed E-state index contributed by atoms with van der Waals surface area (Å²) in [4.78, 5) is 47.8. The second kappa shape index (κ2) is 13.5. The number of hydrogen-bond acceptors (Lipinski definition) is 10. The summed E-state index contributed by atoms with van der Waals surface area (Å²) in [7, 11) is 0. The first-order valence-electron chi connectivity index (χ1n) is 15.0. The lowest BCUT2D eigenvalue weighted by Gasteiger charge is -2.24. The third-order valence-corrected chi connectivity index (χ3v) is 8.07. The maximum Gasteiger partial charge on any atom is 0.328 e. The number of carbonyl (C=O) groups excluding carboxylic acids is 2. The van der Waals surface area contributed by atoms with Crippen LogP contribution in [0.3, 0.4) is 0 Å². The number of hydrogen-bond donors (Lipinski definition) is 1. The molecule has 46 heavy (non-hydrogen) atoms. The zero-order valence-corrected chi connectivity index (χ0v) is 25.2. The minimum atomic E-state index is -0.849. The van der Waals surface area contributed by atoms with Crippen LogP contribution in [-0.4, -0.2) is 77.8 Å². The van der Waals surface area contributed by atoms with E-state index in [0.717, 1.165) is 28.1 Å². The second-order valence-corrected chi connectivity index (χ2v) is 11.0. The molecule has 1 saturated heterocycles. The predicted molar refractivity (Wildman–Crippen MR) is 166 cm³/mol. The molecule has 1 amide bonds. The van der Waals surface area contributed by atoms with Gasteiger partial charge in [0.1, 0.15) is 11.9 Å². The Labute approximate surface area is 263 Å². The van der Waals surface area contributed by atoms with Crippen molar-refractivity contribution in [3.63, 3.8) is 0 Å². The van der Waals surface area contributed by atoms with Gasteiger partial charge in [-0.05, 0) is 66.6 Å². The van der Waals surface area contributed by atoms with Gasteiger partial charge in [-0.25, -0.2) is 9.78 Å². The number of amides is 1. The fourth-order valence-corrected chi connectivity index (χ4v) is 5.87. The van der Waals surface area contributed by atoms with E-state index < -0.39 is 17.1 Å². The van der Waals surface area contributed by atoms with E-state index in [4.69, 9.17) is 9.72 Å². The van der Waals surface area contributed by atoms with Crippen LogP contribution in [0.25, 0.3) is 33.5 Å². The number of imidazole rings is 1. The molecule has 2 aromatic heterocycles. The molecule has 14 heteroatoms. The summed E-state index contributed by atoms with van der Waals surface area (Å²) in [5.74, 6) is 0.560. The summed E-state index contributed by atoms with van der Waals surface area (Å²) < 4.78 is 7.46. The maximum absolute atomic E-state index is 14.0. The average molecular weight is 625 g/mol. The van der Waals surface area contributed by atoms with Gasteiger partial charge in [-0.1, -0.05) is 54.6 Å². The highest BCUT2D eigenvalue weighted by atomic mass is 16.9. The Kier molecular flexibility index (Phi) is 8.94. The molecule has 1 atom stereocenters. The first-order chi connectivity index (χ1) is 22.4. The van der Waals surface area contributed by atoms with Gasteiger partial charge in [0, 0.05) is 18.7 Å². The number of H-pyrrole nitrogens is 1. The molecule has 6 rings (SSSR count). The van der Waals surface area contributed by atoms with Crippen LogP contribution in [0.15, 0.2) is 66.7 Å². The van der Waals surface area contributed by atoms with Crippen LogP contribution in [-0.2, 0) is 20.9 Å². The Hall–Kier alpha value is -5.66. The fraction of sp³-hybridized carbons (Fsp3) is 0.312. The number of unbranched alkanes of at least 4 members (excludes halogenated alkanes) is 1. The zero-order chi connectivity index (χ0) is 32.0. The van der Waals surface area contributed by atoms with E-state index in [1.54, 1.807) is 17.0 Å². The van der Waals surface area contributed by atoms with E-state index >= 15 is 0 Å². The molecule has 0 unspecified atom stereocenters. The standard InChI is InChI=1S/C32H32N8O6/c1-21-33-27-11-6-10-26(31(41)38-17-7-12-28(38)32(42)45-18-4-5-19-46-40(43)44)29(27)39(21)20-22-13-15-23(16-14-22)24-8-2-3-9-25(24)30-34-36-37-35-30/h2-3,6,8-11,13-16,28H,4-5,7,12,17-20H2,1H3,(H,34,35,36,37)/t28-/m0/s1. The van der Waals surface area contributed by atoms with Gasteiger partial charge in [0.05, 0.1) is 29.8 Å². The number of para-hydroxylation sites is 1. The number of aryl methyl sites for hydroxylation is 1. The first-order valence-corrected chi connectivity index (χ1v) is 15.0. The molecular weight excluding hydrogens is 592 g/mol. The highest BCUT2D eigenvalue weighted by Gasteiger charge is 2.36. The summed E-state index contributed by atoms with van der Waals surface area (Å²) in [6.45, 7) is 2.88. The van der Waals surface area contributed by atoms with Gasteiger partial charge < -0.3 is 19.0 Å². The molecule has 3 aromatic carbocycles. The van der Waals surface area contributed by atoms with Crippen molar-refractivity contribution in [1.29, 1.82) is 0 Å². The van der Waals surface area contributed by atoms with Gasteiger partial charge >= 0.3 is 5.97 Å². The number of nitrogens with zero attached hydrogens (tertiary/aromatic N) is 7. The lowest BCUT2D eigenvalue weighted by Crippen LogP contribution is -2.41. The van der Waals surface area contributed by atoms with Crippen LogP contribution < -0.4 is 0 Å². The van der Waals surface area contributed by atoms with Gasteiger partial charge in [-0.15, -0.1) is 20.3 Å². The van der Waals surface area contributed by atoms with Crippen LogP contribution in [0.2, 0.25) is 0 Å². The number of esters is 1. The molecule has 1 fully saturated rings. The number of fused-ring (bicyclic) bond motifs is 1. The number of aromatic amines is 1. The van der Waals surface area contributed by atoms with Gasteiger partial charge in [-0.3, -0.25) is 4.79 Å². The molecular formula is C32H32N8O6. The molecule has 1 aliphatic heterocycles. The number of carbonyl (C=O) groups is 2. The van der Waals surface area contributed by atoms with Gasteiger partial charge in [0.2, 0.25) is 5.82 Å². The molecule has 0 aliphatic carbocycles. The van der Waals surface area contributed by atoms with E-state index in [1.165, 1.54) is 0 Å². The van der Waals surface area contributed by atoms with Crippen molar-refractivity contribution < 1.29 is 24.3 Å². The minimum Gasteiger partial charge on any atom is -0.464 e. The summed E-state index contributed by atoms with van der Waals surface area (Å²) in [5, 5.41) is 23.9. The number of ether oxygens (including phenoxy) is 1. The number of rotatable bonds is 12. The molecule has 1 aliphatic rings. The summed E-state index contributed by atoms with van der Waals surface area (Å²) in [6, 6.07) is 20.8. The quantitative estimate of drug-likeness (QED) is 0.0909. The highest BCUT2D eigenvalue weighted by molar-refractivity contribution is 6.06. The molecule has 236 valence electrons. The summed E-state index contributed by atoms with van der Waals surface area (Å²) in [6.07, 6.45) is 1.98. The predicted octanol–water partition coefficient (Wildman–Crippen LogP) is 4.38. The van der Waals surface area contributed by atoms with Crippen molar-refractivity contribution in [1.82, 2.24) is 35.1 Å². The van der Waals surface area contributed by atoms with Crippen LogP contribution in [0, 0.1) is 17.0 Å². The largest absolute Gasteiger partial charge is 0.464 e. The SMILES string of the molecule is Cc1nc2cccc(C(=O)N3CCC[C@H]3C(=O)OCCCCO[N+](=O)[O-])c2n1Cc1ccc(-c2ccccc2-c2nn[nH]n2)cc1. The third-order valence-electron chi connectivity index (χ3n) is 8.07. The maximum atomic E-state index is 14.0. The zero-order valence-electron chi connectivity index (χ0n) is 25.2. The van der Waals surface area contributed by atoms with E-state index in [9.17, 15) is 19.7 Å². The number of tetrazole rings is 1. The second-order valence-electron chi connectivity index (χ2n) is 11.0. The number of likely N-dealkylation sites (tertiary alicyclic amines) is 1. The lowest BCUT2D eigenvalue weighted by atomic mass is 9.98. The van der Waals surface area contributed by atoms with E-state index in [2.05, 4.69) is 25.5 Å². The minimum absolute atomic E-state index is 0.0602. The van der Waals surface area contributed by atoms with Crippen LogP contribution >= 0.6 is 0 Å². The van der Waals surface area contributed by atoms with E-state index in [0.29, 0.717) is 61.2 Å². The van der Waals surface area contributed by atoms with Crippen LogP contribution in [0.4, 0.5) is 0 Å². The average Bonchev–Trinajstić information content (AvgIpc) is 3.84. The number of benzene rings is 3. The Balaban J connectivity index is 1.19. The monoisotopic (exact) mass is 624 g/mol. The summed E-state index contributed by atoms with van der Waals surface area (Å²) in [5.41, 5.74) is 5.76. The molecule has 5 aromatic rings. The van der Waals surface area contributed by atoms with Crippen molar-refractivity contribution in [3.05, 3.63) is 93.8 Å². The first kappa shape index (κ1) is 30.4. The molecule has 0 bridgehead atoms. The van der Waals surface area contributed by atoms with Gasteiger partial charge in [0.25, 0.3) is 11.0 Å². The third kappa shape index (κ3) is 6.41. The van der Waals surface area contributed by atoms with Gasteiger partial charge in [0.15, 0.2) is 0 Å². The molecule has 1 N–H and O–H groups in total. The molecule has 0 spiro atoms. The molecule has 14 nitrogen and oxygen atoms in total. The van der Waals surface area contributed by atoms with Gasteiger partial charge in [-0.2, -0.15) is 5.21 Å². The lowest BCUT2D eigenvalue weighted by molar-refractivity contribution is -0.757. The smallest absolute Gasteiger partial charge is 0.328 e. The summed E-state index contributed by atoms with van der Waals surface area (Å²) >= 11 is 0. The Bertz CT molecular complexity index is 1850. The van der Waals surface area contributed by atoms with E-state index in [-0.39, 0.29) is 19.1 Å². The van der Waals surface area contributed by atoms with Crippen molar-refractivity contribution >= 4 is 22.9 Å². The van der Waals surface area contributed by atoms with Crippen LogP contribution in [0.1, 0.15) is 47.4 Å². The Morgan fingerprint density at radius 1 is 1.02 bits per heavy atom. The van der Waals surface area contributed by atoms with Crippen molar-refractivity contribution in [3.8, 4) is 22.5 Å². The topological polar surface area (TPSA) is 171 Å². The number of nitrogens with one attached hydrogen (secondary N) is 1. The molecule has 3 heterocycles. The van der Waals surface area contributed by atoms with Crippen molar-refractivity contribution in [2.24, 2.45) is 0 Å². The van der Waals surface area contributed by atoms with Crippen molar-refractivity contribution in [2.45, 2.75) is 45.2 Å². The fourth-order valence-electron chi connectivity index (χ4n) is 5.87. The Morgan fingerprint density at radius 2 is 1.80 bits per heavy atom. The van der Waals surface area contributed by atoms with E-state index in [1.807, 2.05) is 66.1 Å². The Morgan fingerprint density at radius 3 is 2.57 bits per heavy atom. The van der Waals surface area contributed by atoms with Crippen molar-refractivity contribution in [2.75, 3.05) is 19.8 Å². The molecule has 0 radical (unpaired) electrons. The highest BCUT2D eigenvalue weighted by Crippen LogP contribution is 2.31.